The minimum atomic E-state index is -4.75. The van der Waals surface area contributed by atoms with Gasteiger partial charge in [-0.25, -0.2) is 0 Å². The SMILES string of the molecule is Nc1cc([N+](=O)[O-])cc(S(=O)(=O)O)c1O.[Na]. The summed E-state index contributed by atoms with van der Waals surface area (Å²) in [7, 11) is -4.75. The van der Waals surface area contributed by atoms with E-state index >= 15 is 0 Å². The van der Waals surface area contributed by atoms with Crippen molar-refractivity contribution in [1.29, 1.82) is 0 Å². The second kappa shape index (κ2) is 4.97. The molecule has 1 rings (SSSR count). The van der Waals surface area contributed by atoms with Gasteiger partial charge in [0, 0.05) is 41.7 Å². The Balaban J connectivity index is 0.00000225. The summed E-state index contributed by atoms with van der Waals surface area (Å²) < 4.78 is 30.0. The number of non-ortho nitro benzene ring substituents is 1. The van der Waals surface area contributed by atoms with Crippen LogP contribution < -0.4 is 5.73 Å². The molecule has 1 radical (unpaired) electrons. The van der Waals surface area contributed by atoms with Gasteiger partial charge in [-0.3, -0.25) is 14.7 Å². The maximum atomic E-state index is 10.7. The van der Waals surface area contributed by atoms with Crippen LogP contribution in [-0.2, 0) is 10.1 Å². The first-order valence-electron chi connectivity index (χ1n) is 3.48. The molecule has 0 amide bonds. The molecule has 0 aromatic heterocycles. The predicted octanol–water partition coefficient (Wildman–Crippen LogP) is -0.252. The van der Waals surface area contributed by atoms with Crippen LogP contribution in [0, 0.1) is 10.1 Å². The molecule has 1 aromatic rings. The molecule has 4 N–H and O–H groups in total. The third-order valence-electron chi connectivity index (χ3n) is 1.58. The average Bonchev–Trinajstić information content (AvgIpc) is 2.06. The smallest absolute Gasteiger partial charge is 0.298 e. The van der Waals surface area contributed by atoms with Crippen LogP contribution in [0.15, 0.2) is 17.0 Å². The number of hydrogen-bond acceptors (Lipinski definition) is 6. The van der Waals surface area contributed by atoms with E-state index in [-0.39, 0.29) is 29.6 Å². The van der Waals surface area contributed by atoms with E-state index in [1.54, 1.807) is 0 Å². The van der Waals surface area contributed by atoms with Crippen LogP contribution in [0.2, 0.25) is 0 Å². The second-order valence-electron chi connectivity index (χ2n) is 2.61. The molecule has 0 aliphatic heterocycles. The van der Waals surface area contributed by atoms with Gasteiger partial charge < -0.3 is 10.8 Å². The van der Waals surface area contributed by atoms with E-state index in [1.807, 2.05) is 0 Å². The number of nitro benzene ring substituents is 1. The molecule has 0 atom stereocenters. The van der Waals surface area contributed by atoms with Gasteiger partial charge in [0.25, 0.3) is 15.8 Å². The van der Waals surface area contributed by atoms with E-state index in [0.29, 0.717) is 6.07 Å². The molecule has 0 aliphatic rings. The molecule has 0 saturated heterocycles. The minimum Gasteiger partial charge on any atom is -0.504 e. The Labute approximate surface area is 112 Å². The van der Waals surface area contributed by atoms with Crippen molar-refractivity contribution in [2.75, 3.05) is 5.73 Å². The monoisotopic (exact) mass is 257 g/mol. The molecule has 8 nitrogen and oxygen atoms in total. The number of rotatable bonds is 2. The zero-order valence-corrected chi connectivity index (χ0v) is 10.9. The summed E-state index contributed by atoms with van der Waals surface area (Å²) in [6, 6.07) is 1.30. The number of nitrogen functional groups attached to an aromatic ring is 1. The van der Waals surface area contributed by atoms with Gasteiger partial charge in [0.15, 0.2) is 5.75 Å². The summed E-state index contributed by atoms with van der Waals surface area (Å²) in [6.07, 6.45) is 0. The van der Waals surface area contributed by atoms with Gasteiger partial charge in [-0.1, -0.05) is 0 Å². The fourth-order valence-electron chi connectivity index (χ4n) is 0.916. The third-order valence-corrected chi connectivity index (χ3v) is 2.44. The van der Waals surface area contributed by atoms with E-state index < -0.39 is 37.1 Å². The van der Waals surface area contributed by atoms with Crippen molar-refractivity contribution in [2.24, 2.45) is 0 Å². The fourth-order valence-corrected chi connectivity index (χ4v) is 1.55. The number of hydrogen-bond donors (Lipinski definition) is 3. The maximum Gasteiger partial charge on any atom is 0.298 e. The van der Waals surface area contributed by atoms with E-state index in [2.05, 4.69) is 0 Å². The molecular weight excluding hydrogens is 251 g/mol. The van der Waals surface area contributed by atoms with Crippen molar-refractivity contribution in [3.63, 3.8) is 0 Å². The topological polar surface area (TPSA) is 144 Å². The first kappa shape index (κ1) is 15.1. The number of nitrogens with zero attached hydrogens (tertiary/aromatic N) is 1. The molecule has 16 heavy (non-hydrogen) atoms. The number of aromatic hydroxyl groups is 1. The maximum absolute atomic E-state index is 10.7. The molecule has 0 fully saturated rings. The number of nitro groups is 1. The molecule has 0 spiro atoms. The van der Waals surface area contributed by atoms with Gasteiger partial charge in [0.1, 0.15) is 4.90 Å². The molecule has 0 bridgehead atoms. The number of phenols is 1. The molecule has 83 valence electrons. The van der Waals surface area contributed by atoms with Gasteiger partial charge >= 0.3 is 0 Å². The van der Waals surface area contributed by atoms with Gasteiger partial charge in [-0.05, 0) is 0 Å². The summed E-state index contributed by atoms with van der Waals surface area (Å²) in [5.74, 6) is -0.914. The van der Waals surface area contributed by atoms with Crippen LogP contribution in [-0.4, -0.2) is 52.6 Å². The van der Waals surface area contributed by atoms with Crippen LogP contribution in [0.3, 0.4) is 0 Å². The Morgan fingerprint density at radius 1 is 1.38 bits per heavy atom. The molecule has 10 heteroatoms. The van der Waals surface area contributed by atoms with Crippen LogP contribution in [0.25, 0.3) is 0 Å². The number of nitrogens with two attached hydrogens (primary N) is 1. The van der Waals surface area contributed by atoms with E-state index in [1.165, 1.54) is 0 Å². The van der Waals surface area contributed by atoms with Crippen molar-refractivity contribution in [1.82, 2.24) is 0 Å². The van der Waals surface area contributed by atoms with Gasteiger partial charge in [-0.15, -0.1) is 0 Å². The first-order chi connectivity index (χ1) is 6.73. The zero-order chi connectivity index (χ0) is 11.8. The number of phenolic OH excluding ortho intramolecular Hbond substituents is 1. The molecule has 1 aromatic carbocycles. The first-order valence-corrected chi connectivity index (χ1v) is 4.92. The summed E-state index contributed by atoms with van der Waals surface area (Å²) in [5, 5.41) is 19.5. The Morgan fingerprint density at radius 2 is 1.88 bits per heavy atom. The molecule has 0 aliphatic carbocycles. The van der Waals surface area contributed by atoms with E-state index in [9.17, 15) is 18.5 Å². The van der Waals surface area contributed by atoms with Crippen LogP contribution >= 0.6 is 0 Å². The predicted molar refractivity (Wildman–Crippen MR) is 54.7 cm³/mol. The molecule has 0 heterocycles. The van der Waals surface area contributed by atoms with Crippen molar-refractivity contribution in [3.8, 4) is 5.75 Å². The van der Waals surface area contributed by atoms with Crippen molar-refractivity contribution in [3.05, 3.63) is 22.2 Å². The Bertz CT molecular complexity index is 528. The van der Waals surface area contributed by atoms with Gasteiger partial charge in [0.05, 0.1) is 10.6 Å². The van der Waals surface area contributed by atoms with E-state index in [0.717, 1.165) is 6.07 Å². The van der Waals surface area contributed by atoms with Crippen LogP contribution in [0.4, 0.5) is 11.4 Å². The zero-order valence-electron chi connectivity index (χ0n) is 8.11. The average molecular weight is 257 g/mol. The second-order valence-corrected chi connectivity index (χ2v) is 4.00. The largest absolute Gasteiger partial charge is 0.504 e. The van der Waals surface area contributed by atoms with Gasteiger partial charge in [0.2, 0.25) is 0 Å². The number of anilines is 1. The fraction of sp³-hybridized carbons (Fsp3) is 0. The number of benzene rings is 1. The summed E-state index contributed by atoms with van der Waals surface area (Å²) in [4.78, 5) is 8.45. The Morgan fingerprint density at radius 3 is 2.25 bits per heavy atom. The summed E-state index contributed by atoms with van der Waals surface area (Å²) >= 11 is 0. The van der Waals surface area contributed by atoms with Crippen LogP contribution in [0.5, 0.6) is 5.75 Å². The standard InChI is InChI=1S/C6H6N2O6S.Na/c7-4-1-3(8(10)11)2-5(6(4)9)15(12,13)14;/h1-2,9H,7H2,(H,12,13,14);. The third kappa shape index (κ3) is 3.06. The minimum absolute atomic E-state index is 0. The van der Waals surface area contributed by atoms with Crippen molar-refractivity contribution < 1.29 is 23.0 Å². The Kier molecular flexibility index (Phi) is 4.70. The van der Waals surface area contributed by atoms with E-state index in [4.69, 9.17) is 15.4 Å². The normalized spacial score (nSPS) is 10.6. The molecule has 0 unspecified atom stereocenters. The molecule has 0 saturated carbocycles. The van der Waals surface area contributed by atoms with Crippen molar-refractivity contribution >= 4 is 51.1 Å². The van der Waals surface area contributed by atoms with Crippen LogP contribution in [0.1, 0.15) is 0 Å². The summed E-state index contributed by atoms with van der Waals surface area (Å²) in [5.41, 5.74) is 3.98. The van der Waals surface area contributed by atoms with Crippen molar-refractivity contribution in [2.45, 2.75) is 4.90 Å². The Hall–Kier alpha value is -0.870. The quantitative estimate of drug-likeness (QED) is 0.165. The van der Waals surface area contributed by atoms with Gasteiger partial charge in [-0.2, -0.15) is 8.42 Å². The molecular formula is C6H6N2NaO6S. The summed E-state index contributed by atoms with van der Waals surface area (Å²) in [6.45, 7) is 0.